The van der Waals surface area contributed by atoms with Gasteiger partial charge in [-0.25, -0.2) is 0 Å². The average Bonchev–Trinajstić information content (AvgIpc) is 2.90. The molecule has 0 atom stereocenters. The third kappa shape index (κ3) is 4.10. The zero-order chi connectivity index (χ0) is 13.7. The van der Waals surface area contributed by atoms with Crippen molar-refractivity contribution in [2.75, 3.05) is 5.32 Å². The van der Waals surface area contributed by atoms with Gasteiger partial charge in [-0.3, -0.25) is 0 Å². The van der Waals surface area contributed by atoms with E-state index in [1.807, 2.05) is 18.2 Å². The van der Waals surface area contributed by atoms with E-state index in [0.717, 1.165) is 11.3 Å². The first kappa shape index (κ1) is 13.6. The zero-order valence-corrected chi connectivity index (χ0v) is 12.0. The number of furan rings is 1. The Morgan fingerprint density at radius 1 is 1.21 bits per heavy atom. The van der Waals surface area contributed by atoms with Crippen LogP contribution in [0.2, 0.25) is 0 Å². The van der Waals surface area contributed by atoms with Crippen LogP contribution >= 0.6 is 12.2 Å². The van der Waals surface area contributed by atoms with E-state index in [2.05, 4.69) is 36.6 Å². The summed E-state index contributed by atoms with van der Waals surface area (Å²) < 4.78 is 5.00. The van der Waals surface area contributed by atoms with E-state index in [-0.39, 0.29) is 0 Å². The quantitative estimate of drug-likeness (QED) is 0.829. The second-order valence-electron chi connectivity index (χ2n) is 4.72. The SMILES string of the molecule is CC(C)c1ccc(NC(=S)NCc2ccoc2)cc1. The summed E-state index contributed by atoms with van der Waals surface area (Å²) in [5.74, 6) is 0.542. The lowest BCUT2D eigenvalue weighted by molar-refractivity contribution is 0.563. The highest BCUT2D eigenvalue weighted by atomic mass is 32.1. The molecule has 2 aromatic rings. The Bertz CT molecular complexity index is 518. The zero-order valence-electron chi connectivity index (χ0n) is 11.1. The van der Waals surface area contributed by atoms with Crippen LogP contribution in [0, 0.1) is 0 Å². The van der Waals surface area contributed by atoms with Crippen LogP contribution in [-0.2, 0) is 6.54 Å². The first-order valence-electron chi connectivity index (χ1n) is 6.31. The van der Waals surface area contributed by atoms with Crippen molar-refractivity contribution >= 4 is 23.0 Å². The minimum Gasteiger partial charge on any atom is -0.472 e. The second kappa shape index (κ2) is 6.38. The summed E-state index contributed by atoms with van der Waals surface area (Å²) in [6.07, 6.45) is 3.35. The van der Waals surface area contributed by atoms with Crippen LogP contribution < -0.4 is 10.6 Å². The summed E-state index contributed by atoms with van der Waals surface area (Å²) in [4.78, 5) is 0. The predicted molar refractivity (Wildman–Crippen MR) is 82.3 cm³/mol. The molecular weight excluding hydrogens is 256 g/mol. The molecule has 3 nitrogen and oxygen atoms in total. The third-order valence-corrected chi connectivity index (χ3v) is 3.11. The average molecular weight is 274 g/mol. The molecule has 1 aromatic heterocycles. The highest BCUT2D eigenvalue weighted by Gasteiger charge is 2.01. The van der Waals surface area contributed by atoms with Gasteiger partial charge in [-0.15, -0.1) is 0 Å². The summed E-state index contributed by atoms with van der Waals surface area (Å²) >= 11 is 5.24. The Labute approximate surface area is 119 Å². The van der Waals surface area contributed by atoms with Crippen molar-refractivity contribution in [3.8, 4) is 0 Å². The van der Waals surface area contributed by atoms with Crippen LogP contribution in [0.15, 0.2) is 47.3 Å². The number of nitrogens with one attached hydrogen (secondary N) is 2. The molecule has 0 saturated carbocycles. The van der Waals surface area contributed by atoms with E-state index in [4.69, 9.17) is 16.6 Å². The molecule has 0 unspecified atom stereocenters. The Hall–Kier alpha value is -1.81. The van der Waals surface area contributed by atoms with Gasteiger partial charge in [0.25, 0.3) is 0 Å². The number of benzene rings is 1. The van der Waals surface area contributed by atoms with Gasteiger partial charge in [0.15, 0.2) is 5.11 Å². The Kier molecular flexibility index (Phi) is 4.58. The second-order valence-corrected chi connectivity index (χ2v) is 5.12. The van der Waals surface area contributed by atoms with Crippen molar-refractivity contribution in [2.45, 2.75) is 26.3 Å². The third-order valence-electron chi connectivity index (χ3n) is 2.87. The number of hydrogen-bond donors (Lipinski definition) is 2. The lowest BCUT2D eigenvalue weighted by Gasteiger charge is -2.11. The van der Waals surface area contributed by atoms with Gasteiger partial charge >= 0.3 is 0 Å². The number of hydrogen-bond acceptors (Lipinski definition) is 2. The topological polar surface area (TPSA) is 37.2 Å². The van der Waals surface area contributed by atoms with Gasteiger partial charge in [-0.2, -0.15) is 0 Å². The summed E-state index contributed by atoms with van der Waals surface area (Å²) in [7, 11) is 0. The monoisotopic (exact) mass is 274 g/mol. The highest BCUT2D eigenvalue weighted by molar-refractivity contribution is 7.80. The molecular formula is C15H18N2OS. The molecule has 0 saturated heterocycles. The minimum absolute atomic E-state index is 0.542. The molecule has 2 rings (SSSR count). The van der Waals surface area contributed by atoms with E-state index in [1.165, 1.54) is 5.56 Å². The van der Waals surface area contributed by atoms with E-state index >= 15 is 0 Å². The summed E-state index contributed by atoms with van der Waals surface area (Å²) in [6.45, 7) is 5.02. The normalized spacial score (nSPS) is 10.5. The molecule has 100 valence electrons. The van der Waals surface area contributed by atoms with Gasteiger partial charge < -0.3 is 15.1 Å². The summed E-state index contributed by atoms with van der Waals surface area (Å²) in [5, 5.41) is 6.90. The molecule has 0 bridgehead atoms. The van der Waals surface area contributed by atoms with Crippen molar-refractivity contribution in [1.82, 2.24) is 5.32 Å². The van der Waals surface area contributed by atoms with Crippen LogP contribution in [0.3, 0.4) is 0 Å². The van der Waals surface area contributed by atoms with Crippen molar-refractivity contribution < 1.29 is 4.42 Å². The van der Waals surface area contributed by atoms with Gasteiger partial charge in [0.2, 0.25) is 0 Å². The Morgan fingerprint density at radius 2 is 1.95 bits per heavy atom. The lowest BCUT2D eigenvalue weighted by atomic mass is 10.0. The maximum Gasteiger partial charge on any atom is 0.171 e. The van der Waals surface area contributed by atoms with Crippen molar-refractivity contribution in [2.24, 2.45) is 0 Å². The van der Waals surface area contributed by atoms with Crippen LogP contribution in [0.4, 0.5) is 5.69 Å². The summed E-state index contributed by atoms with van der Waals surface area (Å²) in [5.41, 5.74) is 3.39. The molecule has 4 heteroatoms. The van der Waals surface area contributed by atoms with E-state index in [1.54, 1.807) is 12.5 Å². The molecule has 0 aliphatic rings. The largest absolute Gasteiger partial charge is 0.472 e. The van der Waals surface area contributed by atoms with E-state index in [0.29, 0.717) is 17.6 Å². The molecule has 0 aliphatic carbocycles. The van der Waals surface area contributed by atoms with Gasteiger partial charge in [0.05, 0.1) is 12.5 Å². The molecule has 19 heavy (non-hydrogen) atoms. The maximum absolute atomic E-state index is 5.24. The Morgan fingerprint density at radius 3 is 2.53 bits per heavy atom. The smallest absolute Gasteiger partial charge is 0.171 e. The molecule has 0 aliphatic heterocycles. The minimum atomic E-state index is 0.542. The number of rotatable bonds is 4. The summed E-state index contributed by atoms with van der Waals surface area (Å²) in [6, 6.07) is 10.2. The number of anilines is 1. The maximum atomic E-state index is 5.24. The van der Waals surface area contributed by atoms with Crippen molar-refractivity contribution in [3.63, 3.8) is 0 Å². The van der Waals surface area contributed by atoms with Crippen LogP contribution in [0.25, 0.3) is 0 Å². The molecule has 0 amide bonds. The fourth-order valence-corrected chi connectivity index (χ4v) is 1.89. The first-order valence-corrected chi connectivity index (χ1v) is 6.72. The lowest BCUT2D eigenvalue weighted by Crippen LogP contribution is -2.27. The van der Waals surface area contributed by atoms with E-state index < -0.39 is 0 Å². The van der Waals surface area contributed by atoms with Crippen molar-refractivity contribution in [1.29, 1.82) is 0 Å². The standard InChI is InChI=1S/C15H18N2OS/c1-11(2)13-3-5-14(6-4-13)17-15(19)16-9-12-7-8-18-10-12/h3-8,10-11H,9H2,1-2H3,(H2,16,17,19). The molecule has 1 aromatic carbocycles. The first-order chi connectivity index (χ1) is 9.15. The van der Waals surface area contributed by atoms with Crippen LogP contribution in [-0.4, -0.2) is 5.11 Å². The van der Waals surface area contributed by atoms with Gasteiger partial charge in [0, 0.05) is 17.8 Å². The molecule has 0 fully saturated rings. The van der Waals surface area contributed by atoms with E-state index in [9.17, 15) is 0 Å². The van der Waals surface area contributed by atoms with Crippen LogP contribution in [0.1, 0.15) is 30.9 Å². The Balaban J connectivity index is 1.84. The molecule has 2 N–H and O–H groups in total. The van der Waals surface area contributed by atoms with Gasteiger partial charge in [-0.1, -0.05) is 26.0 Å². The fourth-order valence-electron chi connectivity index (χ4n) is 1.70. The molecule has 1 heterocycles. The predicted octanol–water partition coefficient (Wildman–Crippen LogP) is 3.89. The van der Waals surface area contributed by atoms with Gasteiger partial charge in [-0.05, 0) is 41.9 Å². The van der Waals surface area contributed by atoms with Crippen LogP contribution in [0.5, 0.6) is 0 Å². The fraction of sp³-hybridized carbons (Fsp3) is 0.267. The molecule has 0 spiro atoms. The number of thiocarbonyl (C=S) groups is 1. The van der Waals surface area contributed by atoms with Crippen molar-refractivity contribution in [3.05, 3.63) is 54.0 Å². The highest BCUT2D eigenvalue weighted by Crippen LogP contribution is 2.17. The molecule has 0 radical (unpaired) electrons. The van der Waals surface area contributed by atoms with Gasteiger partial charge in [0.1, 0.15) is 0 Å².